The Morgan fingerprint density at radius 1 is 0.840 bits per heavy atom. The second-order valence-corrected chi connectivity index (χ2v) is 6.88. The molecular weight excluding hydrogens is 318 g/mol. The molecule has 0 rings (SSSR count). The summed E-state index contributed by atoms with van der Waals surface area (Å²) in [5.74, 6) is -0.850. The number of allylic oxidation sites excluding steroid dienone is 2. The van der Waals surface area contributed by atoms with Crippen molar-refractivity contribution in [1.82, 2.24) is 0 Å². The molecule has 0 aromatic rings. The van der Waals surface area contributed by atoms with Gasteiger partial charge in [-0.1, -0.05) is 77.6 Å². The molecule has 0 saturated heterocycles. The molecule has 0 amide bonds. The molecule has 0 unspecified atom stereocenters. The van der Waals surface area contributed by atoms with Crippen molar-refractivity contribution in [2.45, 2.75) is 110 Å². The van der Waals surface area contributed by atoms with E-state index < -0.39 is 5.97 Å². The number of carboxylic acid groups (broad SMARTS) is 1. The molecular formula is C20H37NO4. The summed E-state index contributed by atoms with van der Waals surface area (Å²) < 4.78 is 0. The summed E-state index contributed by atoms with van der Waals surface area (Å²) in [5, 5.41) is 19.5. The van der Waals surface area contributed by atoms with Crippen molar-refractivity contribution in [3.05, 3.63) is 21.9 Å². The van der Waals surface area contributed by atoms with Crippen molar-refractivity contribution in [3.8, 4) is 0 Å². The number of carbonyl (C=O) groups is 1. The van der Waals surface area contributed by atoms with Crippen molar-refractivity contribution < 1.29 is 14.8 Å². The van der Waals surface area contributed by atoms with Crippen LogP contribution in [0.5, 0.6) is 0 Å². The first-order valence-corrected chi connectivity index (χ1v) is 10.1. The molecule has 0 atom stereocenters. The molecule has 5 nitrogen and oxygen atoms in total. The lowest BCUT2D eigenvalue weighted by molar-refractivity contribution is -0.428. The maximum atomic E-state index is 11.0. The van der Waals surface area contributed by atoms with Gasteiger partial charge in [0.15, 0.2) is 0 Å². The minimum absolute atomic E-state index is 0.0695. The summed E-state index contributed by atoms with van der Waals surface area (Å²) in [7, 11) is 0. The predicted octanol–water partition coefficient (Wildman–Crippen LogP) is 6.49. The van der Waals surface area contributed by atoms with Crippen LogP contribution in [0.25, 0.3) is 0 Å². The van der Waals surface area contributed by atoms with Gasteiger partial charge in [0.05, 0.1) is 4.92 Å². The molecule has 0 aromatic carbocycles. The zero-order valence-electron chi connectivity index (χ0n) is 16.0. The highest BCUT2D eigenvalue weighted by atomic mass is 16.6. The van der Waals surface area contributed by atoms with E-state index in [4.69, 9.17) is 5.11 Å². The van der Waals surface area contributed by atoms with Gasteiger partial charge in [-0.15, -0.1) is 0 Å². The van der Waals surface area contributed by atoms with Crippen molar-refractivity contribution in [1.29, 1.82) is 0 Å². The van der Waals surface area contributed by atoms with Gasteiger partial charge in [0.1, 0.15) is 0 Å². The molecule has 25 heavy (non-hydrogen) atoms. The predicted molar refractivity (Wildman–Crippen MR) is 102 cm³/mol. The summed E-state index contributed by atoms with van der Waals surface area (Å²) >= 11 is 0. The normalized spacial score (nSPS) is 11.6. The van der Waals surface area contributed by atoms with Gasteiger partial charge in [-0.05, 0) is 25.3 Å². The van der Waals surface area contributed by atoms with Gasteiger partial charge in [0.2, 0.25) is 5.70 Å². The Balaban J connectivity index is 3.55. The van der Waals surface area contributed by atoms with Crippen LogP contribution in [0.4, 0.5) is 0 Å². The molecule has 0 fully saturated rings. The van der Waals surface area contributed by atoms with E-state index in [1.54, 1.807) is 6.08 Å². The summed E-state index contributed by atoms with van der Waals surface area (Å²) in [6, 6.07) is 0. The van der Waals surface area contributed by atoms with Crippen LogP contribution in [0.1, 0.15) is 110 Å². The van der Waals surface area contributed by atoms with Gasteiger partial charge in [0.25, 0.3) is 0 Å². The highest BCUT2D eigenvalue weighted by Crippen LogP contribution is 2.15. The van der Waals surface area contributed by atoms with Crippen LogP contribution in [0.2, 0.25) is 0 Å². The fourth-order valence-electron chi connectivity index (χ4n) is 2.94. The Hall–Kier alpha value is -1.39. The van der Waals surface area contributed by atoms with Gasteiger partial charge in [-0.3, -0.25) is 14.9 Å². The lowest BCUT2D eigenvalue weighted by atomic mass is 10.0. The fraction of sp³-hybridized carbons (Fsp3) is 0.850. The molecule has 0 aromatic heterocycles. The minimum atomic E-state index is -0.850. The van der Waals surface area contributed by atoms with Crippen molar-refractivity contribution >= 4 is 5.97 Å². The van der Waals surface area contributed by atoms with E-state index >= 15 is 0 Å². The topological polar surface area (TPSA) is 80.4 Å². The smallest absolute Gasteiger partial charge is 0.303 e. The maximum Gasteiger partial charge on any atom is 0.303 e. The van der Waals surface area contributed by atoms with Crippen molar-refractivity contribution in [3.63, 3.8) is 0 Å². The zero-order valence-corrected chi connectivity index (χ0v) is 16.0. The number of hydrogen-bond donors (Lipinski definition) is 1. The van der Waals surface area contributed by atoms with Crippen LogP contribution < -0.4 is 0 Å². The first-order chi connectivity index (χ1) is 12.1. The van der Waals surface area contributed by atoms with Crippen LogP contribution in [0.3, 0.4) is 0 Å². The highest BCUT2D eigenvalue weighted by Gasteiger charge is 2.09. The van der Waals surface area contributed by atoms with Gasteiger partial charge in [-0.25, -0.2) is 0 Å². The van der Waals surface area contributed by atoms with E-state index in [1.807, 2.05) is 0 Å². The average molecular weight is 356 g/mol. The number of unbranched alkanes of at least 4 members (excludes halogenated alkanes) is 12. The Bertz CT molecular complexity index is 380. The third-order valence-corrected chi connectivity index (χ3v) is 4.50. The highest BCUT2D eigenvalue weighted by molar-refractivity contribution is 5.66. The van der Waals surface area contributed by atoms with E-state index in [0.29, 0.717) is 19.3 Å². The number of nitrogens with zero attached hydrogens (tertiary/aromatic N) is 1. The van der Waals surface area contributed by atoms with Crippen molar-refractivity contribution in [2.24, 2.45) is 0 Å². The van der Waals surface area contributed by atoms with Crippen LogP contribution in [0.15, 0.2) is 11.8 Å². The van der Waals surface area contributed by atoms with Crippen molar-refractivity contribution in [2.75, 3.05) is 0 Å². The lowest BCUT2D eigenvalue weighted by Gasteiger charge is -2.03. The molecule has 0 aliphatic rings. The fourth-order valence-corrected chi connectivity index (χ4v) is 2.94. The lowest BCUT2D eigenvalue weighted by Crippen LogP contribution is -1.99. The van der Waals surface area contributed by atoms with E-state index in [9.17, 15) is 14.9 Å². The van der Waals surface area contributed by atoms with Gasteiger partial charge < -0.3 is 5.11 Å². The molecule has 5 heteroatoms. The molecule has 0 spiro atoms. The van der Waals surface area contributed by atoms with E-state index in [2.05, 4.69) is 6.92 Å². The summed E-state index contributed by atoms with van der Waals surface area (Å²) in [6.07, 6.45) is 18.1. The largest absolute Gasteiger partial charge is 0.481 e. The molecule has 0 radical (unpaired) electrons. The number of aliphatic carboxylic acids is 1. The average Bonchev–Trinajstić information content (AvgIpc) is 2.57. The van der Waals surface area contributed by atoms with E-state index in [0.717, 1.165) is 19.3 Å². The first-order valence-electron chi connectivity index (χ1n) is 10.1. The Morgan fingerprint density at radius 2 is 1.32 bits per heavy atom. The molecule has 0 bridgehead atoms. The second-order valence-electron chi connectivity index (χ2n) is 6.88. The maximum absolute atomic E-state index is 11.0. The zero-order chi connectivity index (χ0) is 18.8. The minimum Gasteiger partial charge on any atom is -0.481 e. The first kappa shape index (κ1) is 23.6. The Kier molecular flexibility index (Phi) is 16.5. The second kappa shape index (κ2) is 17.4. The van der Waals surface area contributed by atoms with Crippen LogP contribution in [-0.2, 0) is 4.79 Å². The SMILES string of the molecule is CCCCCCCCCCCCCCC(=CCCCC(=O)O)[N+](=O)[O-]. The molecule has 146 valence electrons. The molecule has 0 heterocycles. The van der Waals surface area contributed by atoms with Gasteiger partial charge >= 0.3 is 5.97 Å². The van der Waals surface area contributed by atoms with Gasteiger partial charge in [-0.2, -0.15) is 0 Å². The quantitative estimate of drug-likeness (QED) is 0.173. The molecule has 0 aliphatic carbocycles. The van der Waals surface area contributed by atoms with E-state index in [-0.39, 0.29) is 17.0 Å². The van der Waals surface area contributed by atoms with Crippen LogP contribution in [0, 0.1) is 10.1 Å². The molecule has 0 saturated carbocycles. The van der Waals surface area contributed by atoms with E-state index in [1.165, 1.54) is 57.8 Å². The summed E-state index contributed by atoms with van der Waals surface area (Å²) in [6.45, 7) is 2.24. The molecule has 0 aliphatic heterocycles. The standard InChI is InChI=1S/C20H37NO4/c1-2-3-4-5-6-7-8-9-10-11-12-13-16-19(21(24)25)17-14-15-18-20(22)23/h17H,2-16,18H2,1H3,(H,22,23). The van der Waals surface area contributed by atoms with Crippen LogP contribution in [-0.4, -0.2) is 16.0 Å². The third-order valence-electron chi connectivity index (χ3n) is 4.50. The number of rotatable bonds is 18. The third kappa shape index (κ3) is 17.2. The summed E-state index contributed by atoms with van der Waals surface area (Å²) in [4.78, 5) is 21.1. The monoisotopic (exact) mass is 355 g/mol. The Morgan fingerprint density at radius 3 is 1.76 bits per heavy atom. The number of hydrogen-bond acceptors (Lipinski definition) is 3. The number of nitro groups is 1. The van der Waals surface area contributed by atoms with Crippen LogP contribution >= 0.6 is 0 Å². The Labute approximate surface area is 153 Å². The van der Waals surface area contributed by atoms with Gasteiger partial charge in [0, 0.05) is 12.8 Å². The molecule has 1 N–H and O–H groups in total. The number of carboxylic acids is 1. The summed E-state index contributed by atoms with van der Waals surface area (Å²) in [5.41, 5.74) is 0.248.